The van der Waals surface area contributed by atoms with E-state index in [-0.39, 0.29) is 5.69 Å². The minimum Gasteiger partial charge on any atom is -0.357 e. The molecule has 0 amide bonds. The molecule has 0 saturated carbocycles. The van der Waals surface area contributed by atoms with Crippen LogP contribution >= 0.6 is 0 Å². The third-order valence-electron chi connectivity index (χ3n) is 3.71. The van der Waals surface area contributed by atoms with Gasteiger partial charge in [0.1, 0.15) is 0 Å². The predicted octanol–water partition coefficient (Wildman–Crippen LogP) is 1.89. The fourth-order valence-corrected chi connectivity index (χ4v) is 2.41. The van der Waals surface area contributed by atoms with Crippen LogP contribution in [0.25, 0.3) is 5.65 Å². The molecule has 9 heteroatoms. The van der Waals surface area contributed by atoms with E-state index in [4.69, 9.17) is 0 Å². The fourth-order valence-electron chi connectivity index (χ4n) is 2.41. The summed E-state index contributed by atoms with van der Waals surface area (Å²) in [6, 6.07) is 12.1. The summed E-state index contributed by atoms with van der Waals surface area (Å²) in [6.45, 7) is 3.58. The van der Waals surface area contributed by atoms with Crippen molar-refractivity contribution < 1.29 is 4.92 Å². The van der Waals surface area contributed by atoms with Crippen molar-refractivity contribution in [2.24, 2.45) is 4.99 Å². The first kappa shape index (κ1) is 17.3. The molecule has 3 rings (SSSR count). The van der Waals surface area contributed by atoms with Crippen LogP contribution in [-0.4, -0.2) is 32.0 Å². The van der Waals surface area contributed by atoms with Crippen LogP contribution in [0.4, 0.5) is 5.69 Å². The molecule has 0 aliphatic heterocycles. The van der Waals surface area contributed by atoms with E-state index >= 15 is 0 Å². The minimum atomic E-state index is -0.415. The zero-order chi connectivity index (χ0) is 18.4. The first-order valence-corrected chi connectivity index (χ1v) is 8.21. The number of hydrogen-bond donors (Lipinski definition) is 2. The normalized spacial score (nSPS) is 11.5. The van der Waals surface area contributed by atoms with Gasteiger partial charge in [0.2, 0.25) is 0 Å². The van der Waals surface area contributed by atoms with E-state index in [9.17, 15) is 10.1 Å². The van der Waals surface area contributed by atoms with Crippen molar-refractivity contribution in [3.05, 3.63) is 70.2 Å². The van der Waals surface area contributed by atoms with Gasteiger partial charge in [0.25, 0.3) is 5.69 Å². The average molecular weight is 353 g/mol. The van der Waals surface area contributed by atoms with Crippen molar-refractivity contribution >= 4 is 17.3 Å². The Morgan fingerprint density at radius 1 is 1.19 bits per heavy atom. The largest absolute Gasteiger partial charge is 0.357 e. The summed E-state index contributed by atoms with van der Waals surface area (Å²) in [4.78, 5) is 14.8. The zero-order valence-corrected chi connectivity index (χ0v) is 14.3. The van der Waals surface area contributed by atoms with Crippen molar-refractivity contribution in [2.45, 2.75) is 20.0 Å². The van der Waals surface area contributed by atoms with E-state index < -0.39 is 4.92 Å². The van der Waals surface area contributed by atoms with Gasteiger partial charge in [-0.3, -0.25) is 14.5 Å². The first-order chi connectivity index (χ1) is 12.7. The molecule has 0 aliphatic carbocycles. The third kappa shape index (κ3) is 4.12. The van der Waals surface area contributed by atoms with Crippen molar-refractivity contribution in [1.82, 2.24) is 25.2 Å². The molecule has 3 aromatic rings. The van der Waals surface area contributed by atoms with Gasteiger partial charge in [-0.05, 0) is 24.6 Å². The van der Waals surface area contributed by atoms with Crippen LogP contribution in [0.15, 0.2) is 53.7 Å². The summed E-state index contributed by atoms with van der Waals surface area (Å²) >= 11 is 0. The van der Waals surface area contributed by atoms with E-state index in [2.05, 4.69) is 25.8 Å². The highest BCUT2D eigenvalue weighted by atomic mass is 16.6. The lowest BCUT2D eigenvalue weighted by Gasteiger charge is -2.10. The molecular formula is C17H19N7O2. The molecule has 0 radical (unpaired) electrons. The maximum absolute atomic E-state index is 10.7. The van der Waals surface area contributed by atoms with Gasteiger partial charge >= 0.3 is 0 Å². The molecule has 0 saturated heterocycles. The lowest BCUT2D eigenvalue weighted by molar-refractivity contribution is -0.384. The number of hydrogen-bond acceptors (Lipinski definition) is 5. The second kappa shape index (κ2) is 8.06. The molecule has 2 N–H and O–H groups in total. The molecule has 0 aliphatic rings. The Bertz CT molecular complexity index is 918. The number of benzene rings is 1. The molecule has 0 unspecified atom stereocenters. The third-order valence-corrected chi connectivity index (χ3v) is 3.71. The molecule has 2 aromatic heterocycles. The van der Waals surface area contributed by atoms with E-state index in [1.54, 1.807) is 12.1 Å². The minimum absolute atomic E-state index is 0.0708. The van der Waals surface area contributed by atoms with E-state index in [0.29, 0.717) is 25.6 Å². The van der Waals surface area contributed by atoms with Gasteiger partial charge in [-0.25, -0.2) is 4.99 Å². The number of fused-ring (bicyclic) bond motifs is 1. The standard InChI is InChI=1S/C17H19N7O2/c1-2-18-17(19-11-13-6-8-14(9-7-13)24(25)26)20-12-16-22-21-15-5-3-4-10-23(15)16/h3-10H,2,11-12H2,1H3,(H2,18,19,20). The number of nitrogens with zero attached hydrogens (tertiary/aromatic N) is 5. The van der Waals surface area contributed by atoms with Gasteiger partial charge in [0.05, 0.1) is 18.0 Å². The quantitative estimate of drug-likeness (QED) is 0.303. The molecule has 9 nitrogen and oxygen atoms in total. The lowest BCUT2D eigenvalue weighted by atomic mass is 10.2. The number of nitro groups is 1. The van der Waals surface area contributed by atoms with Crippen molar-refractivity contribution in [2.75, 3.05) is 6.54 Å². The van der Waals surface area contributed by atoms with Gasteiger partial charge in [-0.15, -0.1) is 10.2 Å². The molecule has 2 heterocycles. The van der Waals surface area contributed by atoms with Gasteiger partial charge in [-0.1, -0.05) is 18.2 Å². The van der Waals surface area contributed by atoms with Crippen LogP contribution in [0, 0.1) is 10.1 Å². The second-order valence-corrected chi connectivity index (χ2v) is 5.52. The first-order valence-electron chi connectivity index (χ1n) is 8.21. The molecule has 0 spiro atoms. The van der Waals surface area contributed by atoms with Crippen molar-refractivity contribution in [3.8, 4) is 0 Å². The summed E-state index contributed by atoms with van der Waals surface area (Å²) in [5, 5.41) is 25.4. The van der Waals surface area contributed by atoms with Crippen LogP contribution in [0.1, 0.15) is 18.3 Å². The number of aliphatic imine (C=N–C) groups is 1. The zero-order valence-electron chi connectivity index (χ0n) is 14.3. The Morgan fingerprint density at radius 3 is 2.73 bits per heavy atom. The van der Waals surface area contributed by atoms with Crippen molar-refractivity contribution in [1.29, 1.82) is 0 Å². The number of aromatic nitrogens is 3. The molecular weight excluding hydrogens is 334 g/mol. The van der Waals surface area contributed by atoms with Crippen LogP contribution in [-0.2, 0) is 13.1 Å². The Hall–Kier alpha value is -3.49. The SMILES string of the molecule is CCNC(=NCc1ccc([N+](=O)[O-])cc1)NCc1nnc2ccccn12. The number of pyridine rings is 1. The highest BCUT2D eigenvalue weighted by molar-refractivity contribution is 5.79. The molecule has 0 fully saturated rings. The molecule has 134 valence electrons. The van der Waals surface area contributed by atoms with Crippen molar-refractivity contribution in [3.63, 3.8) is 0 Å². The Morgan fingerprint density at radius 2 is 2.00 bits per heavy atom. The number of non-ortho nitro benzene ring substituents is 1. The summed E-state index contributed by atoms with van der Waals surface area (Å²) in [7, 11) is 0. The summed E-state index contributed by atoms with van der Waals surface area (Å²) in [5.74, 6) is 1.42. The number of guanidine groups is 1. The molecule has 1 aromatic carbocycles. The second-order valence-electron chi connectivity index (χ2n) is 5.52. The molecule has 0 bridgehead atoms. The highest BCUT2D eigenvalue weighted by Gasteiger charge is 2.06. The van der Waals surface area contributed by atoms with Gasteiger partial charge < -0.3 is 10.6 Å². The molecule has 26 heavy (non-hydrogen) atoms. The Labute approximate surface area is 149 Å². The van der Waals surface area contributed by atoms with Crippen LogP contribution in [0.2, 0.25) is 0 Å². The summed E-state index contributed by atoms with van der Waals surface area (Å²) < 4.78 is 1.91. The topological polar surface area (TPSA) is 110 Å². The smallest absolute Gasteiger partial charge is 0.269 e. The van der Waals surface area contributed by atoms with E-state index in [1.807, 2.05) is 35.7 Å². The summed E-state index contributed by atoms with van der Waals surface area (Å²) in [5.41, 5.74) is 1.75. The monoisotopic (exact) mass is 353 g/mol. The van der Waals surface area contributed by atoms with Crippen LogP contribution < -0.4 is 10.6 Å². The maximum Gasteiger partial charge on any atom is 0.269 e. The molecule has 0 atom stereocenters. The maximum atomic E-state index is 10.7. The fraction of sp³-hybridized carbons (Fsp3) is 0.235. The van der Waals surface area contributed by atoms with Crippen LogP contribution in [0.3, 0.4) is 0 Å². The average Bonchev–Trinajstić information content (AvgIpc) is 3.07. The number of nitro benzene ring substituents is 1. The summed E-state index contributed by atoms with van der Waals surface area (Å²) in [6.07, 6.45) is 1.91. The Balaban J connectivity index is 1.66. The number of rotatable bonds is 6. The van der Waals surface area contributed by atoms with E-state index in [1.165, 1.54) is 12.1 Å². The lowest BCUT2D eigenvalue weighted by Crippen LogP contribution is -2.37. The van der Waals surface area contributed by atoms with Gasteiger partial charge in [0.15, 0.2) is 17.4 Å². The van der Waals surface area contributed by atoms with Gasteiger partial charge in [0, 0.05) is 24.9 Å². The van der Waals surface area contributed by atoms with Crippen LogP contribution in [0.5, 0.6) is 0 Å². The highest BCUT2D eigenvalue weighted by Crippen LogP contribution is 2.12. The number of nitrogens with one attached hydrogen (secondary N) is 2. The Kier molecular flexibility index (Phi) is 5.37. The van der Waals surface area contributed by atoms with E-state index in [0.717, 1.165) is 17.0 Å². The van der Waals surface area contributed by atoms with Gasteiger partial charge in [-0.2, -0.15) is 0 Å². The predicted molar refractivity (Wildman–Crippen MR) is 97.7 cm³/mol.